The van der Waals surface area contributed by atoms with Crippen LogP contribution in [0, 0.1) is 116 Å². The third-order valence-corrected chi connectivity index (χ3v) is 12.4. The second-order valence-electron chi connectivity index (χ2n) is 16.6. The van der Waals surface area contributed by atoms with Gasteiger partial charge in [0.25, 0.3) is 0 Å². The molecule has 0 saturated heterocycles. The van der Waals surface area contributed by atoms with Crippen LogP contribution < -0.4 is 0 Å². The second kappa shape index (κ2) is 18.2. The maximum absolute atomic E-state index is 16.4. The monoisotopic (exact) mass is 1070 g/mol. The van der Waals surface area contributed by atoms with Crippen molar-refractivity contribution in [2.75, 3.05) is 0 Å². The van der Waals surface area contributed by atoms with Crippen LogP contribution in [0.25, 0.3) is 79.8 Å². The average Bonchev–Trinajstić information content (AvgIpc) is 4.26. The van der Waals surface area contributed by atoms with E-state index in [9.17, 15) is 17.6 Å². The Hall–Kier alpha value is -8.44. The molecule has 0 fully saturated rings. The van der Waals surface area contributed by atoms with Crippen molar-refractivity contribution in [2.24, 2.45) is 0 Å². The van der Waals surface area contributed by atoms with Gasteiger partial charge in [-0.3, -0.25) is 0 Å². The van der Waals surface area contributed by atoms with E-state index in [1.807, 2.05) is 0 Å². The number of H-pyrrole nitrogens is 2. The second-order valence-corrected chi connectivity index (χ2v) is 16.6. The lowest BCUT2D eigenvalue weighted by atomic mass is 9.87. The first-order valence-corrected chi connectivity index (χ1v) is 21.1. The highest BCUT2D eigenvalue weighted by Gasteiger charge is 2.38. The van der Waals surface area contributed by atoms with E-state index < -0.39 is 225 Å². The van der Waals surface area contributed by atoms with E-state index in [4.69, 9.17) is 0 Å². The Morgan fingerprint density at radius 1 is 0.320 bits per heavy atom. The Bertz CT molecular complexity index is 3860. The summed E-state index contributed by atoms with van der Waals surface area (Å²) in [6.45, 7) is 0. The fourth-order valence-corrected chi connectivity index (χ4v) is 9.07. The lowest BCUT2D eigenvalue weighted by molar-refractivity contribution is 0.381. The molecule has 10 rings (SSSR count). The van der Waals surface area contributed by atoms with Gasteiger partial charge in [0.15, 0.2) is 93.1 Å². The van der Waals surface area contributed by atoms with E-state index >= 15 is 70.2 Å². The summed E-state index contributed by atoms with van der Waals surface area (Å²) in [7, 11) is 0. The van der Waals surface area contributed by atoms with E-state index in [-0.39, 0.29) is 5.56 Å². The molecule has 3 aliphatic heterocycles. The van der Waals surface area contributed by atoms with Crippen LogP contribution >= 0.6 is 0 Å². The summed E-state index contributed by atoms with van der Waals surface area (Å²) in [6.07, 6.45) is 1.32. The van der Waals surface area contributed by atoms with Gasteiger partial charge in [-0.1, -0.05) is 30.3 Å². The van der Waals surface area contributed by atoms with Crippen molar-refractivity contribution in [3.63, 3.8) is 0 Å². The van der Waals surface area contributed by atoms with Gasteiger partial charge in [0.1, 0.15) is 0 Å². The summed E-state index contributed by atoms with van der Waals surface area (Å²) in [5.74, 6) is -54.0. The van der Waals surface area contributed by atoms with Crippen molar-refractivity contribution in [1.82, 2.24) is 19.9 Å². The van der Waals surface area contributed by atoms with Crippen molar-refractivity contribution in [2.45, 2.75) is 18.8 Å². The summed E-state index contributed by atoms with van der Waals surface area (Å²) >= 11 is 0. The minimum Gasteiger partial charge on any atom is -0.361 e. The molecule has 75 heavy (non-hydrogen) atoms. The Morgan fingerprint density at radius 3 is 0.973 bits per heavy atom. The Labute approximate surface area is 404 Å². The maximum atomic E-state index is 16.4. The molecule has 7 aromatic rings. The molecule has 2 aromatic heterocycles. The molecule has 0 spiro atoms. The Balaban J connectivity index is 1.52. The number of nitrogens with zero attached hydrogens (tertiary/aromatic N) is 2. The molecule has 0 amide bonds. The fourth-order valence-electron chi connectivity index (χ4n) is 9.07. The molecule has 5 aromatic carbocycles. The number of halogens is 20. The van der Waals surface area contributed by atoms with Gasteiger partial charge in [0, 0.05) is 50.6 Å². The molecule has 0 saturated carbocycles. The first kappa shape index (κ1) is 50.1. The van der Waals surface area contributed by atoms with Gasteiger partial charge in [0.05, 0.1) is 45.0 Å². The van der Waals surface area contributed by atoms with Crippen molar-refractivity contribution in [3.05, 3.63) is 199 Å². The Morgan fingerprint density at radius 2 is 0.613 bits per heavy atom. The number of rotatable bonds is 6. The van der Waals surface area contributed by atoms with Crippen LogP contribution in [0.1, 0.15) is 45.6 Å². The quantitative estimate of drug-likeness (QED) is 0.0990. The van der Waals surface area contributed by atoms with Crippen molar-refractivity contribution < 1.29 is 87.8 Å². The third-order valence-electron chi connectivity index (χ3n) is 12.4. The van der Waals surface area contributed by atoms with Crippen LogP contribution in [0.2, 0.25) is 0 Å². The molecule has 8 bridgehead atoms. The Kier molecular flexibility index (Phi) is 12.2. The van der Waals surface area contributed by atoms with E-state index in [1.54, 1.807) is 0 Å². The summed E-state index contributed by atoms with van der Waals surface area (Å²) in [5, 5.41) is 0. The number of hydrogen-bond donors (Lipinski definition) is 2. The number of hydrogen-bond acceptors (Lipinski definition) is 2. The number of aromatic amines is 2. The fraction of sp³-hybridized carbons (Fsp3) is 0.0588. The van der Waals surface area contributed by atoms with Gasteiger partial charge in [-0.15, -0.1) is 0 Å². The predicted octanol–water partition coefficient (Wildman–Crippen LogP) is 15.4. The van der Waals surface area contributed by atoms with Crippen LogP contribution in [0.3, 0.4) is 0 Å². The lowest BCUT2D eigenvalue weighted by Crippen LogP contribution is -2.09. The predicted molar refractivity (Wildman–Crippen MR) is 228 cm³/mol. The first-order valence-electron chi connectivity index (χ1n) is 21.1. The zero-order valence-electron chi connectivity index (χ0n) is 36.3. The normalized spacial score (nSPS) is 13.6. The van der Waals surface area contributed by atoms with Gasteiger partial charge in [-0.05, 0) is 54.8 Å². The largest absolute Gasteiger partial charge is 0.361 e. The molecule has 4 nitrogen and oxygen atoms in total. The molecular weight excluding hydrogens is 1050 g/mol. The van der Waals surface area contributed by atoms with Gasteiger partial charge >= 0.3 is 0 Å². The number of benzene rings is 5. The van der Waals surface area contributed by atoms with Gasteiger partial charge < -0.3 is 9.97 Å². The van der Waals surface area contributed by atoms with E-state index in [1.165, 1.54) is 30.3 Å². The summed E-state index contributed by atoms with van der Waals surface area (Å²) in [4.78, 5) is 13.0. The zero-order valence-corrected chi connectivity index (χ0v) is 36.3. The SMILES string of the molecule is Fc1c(F)c(F)c(-c2c3nc(c(-c4c(F)c(F)c(F)c(F)c4F)c4ccc([nH]4)c(-c4c(F)c(F)c(F)c(F)c4F)c4nc(c(-c5c(F)c(F)c(F)c(F)c5F)c5[nH]c2C[C@@H]5Cc2ccccc2)C=C4)C=C3)c(F)c1F. The van der Waals surface area contributed by atoms with E-state index in [2.05, 4.69) is 19.9 Å². The molecule has 0 aliphatic carbocycles. The summed E-state index contributed by atoms with van der Waals surface area (Å²) in [6, 6.07) is 8.55. The van der Waals surface area contributed by atoms with Crippen molar-refractivity contribution >= 4 is 35.3 Å². The average molecular weight is 1070 g/mol. The van der Waals surface area contributed by atoms with Gasteiger partial charge in [-0.2, -0.15) is 0 Å². The van der Waals surface area contributed by atoms with Crippen LogP contribution in [-0.4, -0.2) is 19.9 Å². The van der Waals surface area contributed by atoms with Gasteiger partial charge in [-0.25, -0.2) is 97.8 Å². The molecule has 1 atom stereocenters. The van der Waals surface area contributed by atoms with Crippen molar-refractivity contribution in [1.29, 1.82) is 0 Å². The molecule has 382 valence electrons. The van der Waals surface area contributed by atoms with Crippen LogP contribution in [0.5, 0.6) is 0 Å². The minimum atomic E-state index is -2.71. The number of nitrogens with one attached hydrogen (secondary N) is 2. The van der Waals surface area contributed by atoms with E-state index in [0.717, 1.165) is 0 Å². The number of aromatic nitrogens is 4. The highest BCUT2D eigenvalue weighted by atomic mass is 19.2. The molecule has 24 heteroatoms. The first-order chi connectivity index (χ1) is 35.5. The lowest BCUT2D eigenvalue weighted by Gasteiger charge is -2.17. The van der Waals surface area contributed by atoms with Crippen LogP contribution in [-0.2, 0) is 12.8 Å². The van der Waals surface area contributed by atoms with Crippen molar-refractivity contribution in [3.8, 4) is 44.5 Å². The third kappa shape index (κ3) is 7.61. The van der Waals surface area contributed by atoms with Crippen LogP contribution in [0.15, 0.2) is 42.5 Å². The molecule has 5 heterocycles. The summed E-state index contributed by atoms with van der Waals surface area (Å²) < 4.78 is 310. The highest BCUT2D eigenvalue weighted by molar-refractivity contribution is 5.97. The molecule has 3 aliphatic rings. The van der Waals surface area contributed by atoms with Gasteiger partial charge in [0.2, 0.25) is 23.3 Å². The summed E-state index contributed by atoms with van der Waals surface area (Å²) in [5.41, 5.74) is -19.4. The van der Waals surface area contributed by atoms with Crippen LogP contribution in [0.4, 0.5) is 87.8 Å². The smallest absolute Gasteiger partial charge is 0.200 e. The molecule has 0 unspecified atom stereocenters. The molecule has 0 radical (unpaired) electrons. The standard InChI is InChI=1S/C51H18F20N4/c52-31-27(32(53)40(61)47(68)39(31)60)23-16-6-7-17(72-16)24(28-33(54)41(62)48(69)42(63)34(28)55)19-10-11-21(74-19)26(30-37(58)45(66)50(71)46(67)38(30)59)51-15(12-14-4-2-1-3-5-14)13-22(75-51)25(20-9-8-18(23)73-20)29-35(56)43(64)49(70)44(65)36(29)57/h1-11,15,72,75H,12-13H2/t15-/m0/s1. The highest BCUT2D eigenvalue weighted by Crippen LogP contribution is 2.47. The van der Waals surface area contributed by atoms with E-state index in [0.29, 0.717) is 36.4 Å². The molecule has 2 N–H and O–H groups in total. The number of fused-ring (bicyclic) bond motifs is 8. The topological polar surface area (TPSA) is 57.4 Å². The minimum absolute atomic E-state index is 0.264. The zero-order chi connectivity index (χ0) is 54.0. The maximum Gasteiger partial charge on any atom is 0.200 e. The molecular formula is C51H18F20N4.